The van der Waals surface area contributed by atoms with Crippen LogP contribution in [0.2, 0.25) is 0 Å². The Morgan fingerprint density at radius 1 is 1.50 bits per heavy atom. The maximum atomic E-state index is 11.3. The fraction of sp³-hybridized carbons (Fsp3) is 0.875. The Morgan fingerprint density at radius 3 is 3.17 bits per heavy atom. The normalized spacial score (nSPS) is 31.9. The SMILES string of the molecule is [O-][N+]1=C2CCCCC2CN(O)C1. The number of hydrogen-bond acceptors (Lipinski definition) is 3. The molecule has 1 saturated carbocycles. The van der Waals surface area contributed by atoms with Crippen molar-refractivity contribution in [3.8, 4) is 0 Å². The lowest BCUT2D eigenvalue weighted by molar-refractivity contribution is -0.519. The standard InChI is InChI=1S/C8H14N2O2/c11-9-5-7-3-1-2-4-8(7)10(12)6-9/h7,11H,1-6H2. The van der Waals surface area contributed by atoms with Crippen LogP contribution in [0.15, 0.2) is 0 Å². The first-order chi connectivity index (χ1) is 5.77. The summed E-state index contributed by atoms with van der Waals surface area (Å²) in [5.74, 6) is 0.315. The molecule has 1 unspecified atom stereocenters. The third-order valence-corrected chi connectivity index (χ3v) is 2.75. The second kappa shape index (κ2) is 3.03. The van der Waals surface area contributed by atoms with E-state index in [2.05, 4.69) is 0 Å². The van der Waals surface area contributed by atoms with Crippen molar-refractivity contribution >= 4 is 5.71 Å². The van der Waals surface area contributed by atoms with E-state index in [9.17, 15) is 10.4 Å². The first-order valence-electron chi connectivity index (χ1n) is 4.51. The van der Waals surface area contributed by atoms with Crippen molar-refractivity contribution in [1.82, 2.24) is 5.06 Å². The quantitative estimate of drug-likeness (QED) is 0.432. The van der Waals surface area contributed by atoms with E-state index in [-0.39, 0.29) is 6.67 Å². The molecule has 0 aromatic rings. The van der Waals surface area contributed by atoms with Gasteiger partial charge in [0.2, 0.25) is 6.67 Å². The summed E-state index contributed by atoms with van der Waals surface area (Å²) in [6.45, 7) is 0.778. The maximum Gasteiger partial charge on any atom is 0.230 e. The maximum absolute atomic E-state index is 11.3. The van der Waals surface area contributed by atoms with E-state index in [0.717, 1.165) is 34.8 Å². The van der Waals surface area contributed by atoms with Gasteiger partial charge < -0.3 is 10.4 Å². The fourth-order valence-electron chi connectivity index (χ4n) is 2.14. The van der Waals surface area contributed by atoms with Crippen LogP contribution in [0.5, 0.6) is 0 Å². The van der Waals surface area contributed by atoms with E-state index in [1.165, 1.54) is 6.42 Å². The molecule has 12 heavy (non-hydrogen) atoms. The summed E-state index contributed by atoms with van der Waals surface area (Å²) in [4.78, 5) is 0. The lowest BCUT2D eigenvalue weighted by atomic mass is 9.86. The molecule has 0 aromatic heterocycles. The highest BCUT2D eigenvalue weighted by Crippen LogP contribution is 2.24. The summed E-state index contributed by atoms with van der Waals surface area (Å²) in [7, 11) is 0. The lowest BCUT2D eigenvalue weighted by Gasteiger charge is -2.31. The Morgan fingerprint density at radius 2 is 2.33 bits per heavy atom. The summed E-state index contributed by atoms with van der Waals surface area (Å²) in [6.07, 6.45) is 4.32. The van der Waals surface area contributed by atoms with Crippen LogP contribution in [0.4, 0.5) is 0 Å². The van der Waals surface area contributed by atoms with Gasteiger partial charge in [-0.25, -0.2) is 0 Å². The Labute approximate surface area is 71.6 Å². The second-order valence-electron chi connectivity index (χ2n) is 3.64. The number of hydroxylamine groups is 3. The molecule has 1 fully saturated rings. The third kappa shape index (κ3) is 1.32. The van der Waals surface area contributed by atoms with Gasteiger partial charge in [-0.2, -0.15) is 4.74 Å². The Hall–Kier alpha value is -0.610. The van der Waals surface area contributed by atoms with Crippen molar-refractivity contribution in [3.63, 3.8) is 0 Å². The molecule has 0 aromatic carbocycles. The molecule has 0 amide bonds. The van der Waals surface area contributed by atoms with E-state index in [1.54, 1.807) is 0 Å². The van der Waals surface area contributed by atoms with Gasteiger partial charge >= 0.3 is 0 Å². The van der Waals surface area contributed by atoms with Crippen molar-refractivity contribution in [2.24, 2.45) is 5.92 Å². The topological polar surface area (TPSA) is 49.5 Å². The molecule has 0 bridgehead atoms. The van der Waals surface area contributed by atoms with Gasteiger partial charge in [0.05, 0.1) is 5.92 Å². The summed E-state index contributed by atoms with van der Waals surface area (Å²) < 4.78 is 0.952. The summed E-state index contributed by atoms with van der Waals surface area (Å²) in [5, 5.41) is 21.6. The molecule has 1 aliphatic heterocycles. The Bertz CT molecular complexity index is 215. The molecule has 1 atom stereocenters. The van der Waals surface area contributed by atoms with Crippen LogP contribution in [0.3, 0.4) is 0 Å². The first kappa shape index (κ1) is 8.01. The first-order valence-corrected chi connectivity index (χ1v) is 4.51. The molecule has 1 aliphatic carbocycles. The molecular formula is C8H14N2O2. The average Bonchev–Trinajstić information content (AvgIpc) is 2.04. The molecule has 0 radical (unpaired) electrons. The van der Waals surface area contributed by atoms with Gasteiger partial charge in [0.1, 0.15) is 0 Å². The zero-order chi connectivity index (χ0) is 8.55. The molecule has 2 aliphatic rings. The van der Waals surface area contributed by atoms with Gasteiger partial charge in [0.15, 0.2) is 5.71 Å². The van der Waals surface area contributed by atoms with E-state index in [4.69, 9.17) is 0 Å². The smallest absolute Gasteiger partial charge is 0.230 e. The number of rotatable bonds is 0. The van der Waals surface area contributed by atoms with Gasteiger partial charge in [0, 0.05) is 13.0 Å². The zero-order valence-electron chi connectivity index (χ0n) is 7.07. The van der Waals surface area contributed by atoms with Crippen molar-refractivity contribution in [3.05, 3.63) is 5.21 Å². The van der Waals surface area contributed by atoms with Gasteiger partial charge in [0.25, 0.3) is 0 Å². The molecule has 0 saturated heterocycles. The summed E-state index contributed by atoms with van der Waals surface area (Å²) >= 11 is 0. The predicted octanol–water partition coefficient (Wildman–Crippen LogP) is 0.790. The van der Waals surface area contributed by atoms with Gasteiger partial charge in [-0.3, -0.25) is 0 Å². The van der Waals surface area contributed by atoms with Crippen LogP contribution in [0.25, 0.3) is 0 Å². The predicted molar refractivity (Wildman–Crippen MR) is 44.0 cm³/mol. The highest BCUT2D eigenvalue weighted by molar-refractivity contribution is 5.83. The second-order valence-corrected chi connectivity index (χ2v) is 3.64. The third-order valence-electron chi connectivity index (χ3n) is 2.75. The highest BCUT2D eigenvalue weighted by atomic mass is 16.5. The van der Waals surface area contributed by atoms with Crippen molar-refractivity contribution < 1.29 is 9.95 Å². The molecule has 68 valence electrons. The molecule has 1 heterocycles. The zero-order valence-corrected chi connectivity index (χ0v) is 7.07. The molecule has 4 nitrogen and oxygen atoms in total. The Kier molecular flexibility index (Phi) is 2.02. The highest BCUT2D eigenvalue weighted by Gasteiger charge is 2.32. The van der Waals surface area contributed by atoms with E-state index >= 15 is 0 Å². The van der Waals surface area contributed by atoms with Crippen LogP contribution in [-0.4, -0.2) is 33.9 Å². The van der Waals surface area contributed by atoms with Crippen molar-refractivity contribution in [2.75, 3.05) is 13.2 Å². The average molecular weight is 170 g/mol. The van der Waals surface area contributed by atoms with Gasteiger partial charge in [-0.05, 0) is 12.8 Å². The van der Waals surface area contributed by atoms with Gasteiger partial charge in [-0.15, -0.1) is 5.06 Å². The Balaban J connectivity index is 2.19. The molecular weight excluding hydrogens is 156 g/mol. The monoisotopic (exact) mass is 170 g/mol. The summed E-state index contributed by atoms with van der Waals surface area (Å²) in [5.41, 5.74) is 1.01. The molecule has 4 heteroatoms. The number of nitrogens with zero attached hydrogens (tertiary/aromatic N) is 2. The van der Waals surface area contributed by atoms with Gasteiger partial charge in [-0.1, -0.05) is 6.42 Å². The molecule has 0 spiro atoms. The van der Waals surface area contributed by atoms with Crippen LogP contribution < -0.4 is 0 Å². The number of fused-ring (bicyclic) bond motifs is 1. The summed E-state index contributed by atoms with van der Waals surface area (Å²) in [6, 6.07) is 0. The van der Waals surface area contributed by atoms with E-state index in [1.807, 2.05) is 0 Å². The van der Waals surface area contributed by atoms with E-state index < -0.39 is 0 Å². The fourth-order valence-corrected chi connectivity index (χ4v) is 2.14. The number of hydrogen-bond donors (Lipinski definition) is 1. The molecule has 2 rings (SSSR count). The lowest BCUT2D eigenvalue weighted by Crippen LogP contribution is -2.45. The minimum absolute atomic E-state index is 0.131. The van der Waals surface area contributed by atoms with Crippen LogP contribution in [0, 0.1) is 11.1 Å². The van der Waals surface area contributed by atoms with Crippen LogP contribution in [-0.2, 0) is 0 Å². The van der Waals surface area contributed by atoms with Crippen molar-refractivity contribution in [2.45, 2.75) is 25.7 Å². The van der Waals surface area contributed by atoms with E-state index in [0.29, 0.717) is 12.5 Å². The van der Waals surface area contributed by atoms with Crippen LogP contribution >= 0.6 is 0 Å². The minimum Gasteiger partial charge on any atom is -0.623 e. The molecule has 1 N–H and O–H groups in total. The largest absolute Gasteiger partial charge is 0.623 e. The van der Waals surface area contributed by atoms with Crippen molar-refractivity contribution in [1.29, 1.82) is 0 Å². The van der Waals surface area contributed by atoms with Crippen LogP contribution in [0.1, 0.15) is 25.7 Å². The minimum atomic E-state index is 0.131.